The van der Waals surface area contributed by atoms with Gasteiger partial charge in [0.25, 0.3) is 0 Å². The molecular weight excluding hydrogens is 356 g/mol. The third-order valence-corrected chi connectivity index (χ3v) is 7.47. The highest BCUT2D eigenvalue weighted by Crippen LogP contribution is 2.36. The monoisotopic (exact) mass is 384 g/mol. The van der Waals surface area contributed by atoms with Crippen LogP contribution in [0.25, 0.3) is 0 Å². The lowest BCUT2D eigenvalue weighted by atomic mass is 9.97. The fourth-order valence-electron chi connectivity index (χ4n) is 4.38. The lowest BCUT2D eigenvalue weighted by Gasteiger charge is -2.35. The first-order valence-electron chi connectivity index (χ1n) is 9.18. The van der Waals surface area contributed by atoms with E-state index >= 15 is 0 Å². The summed E-state index contributed by atoms with van der Waals surface area (Å²) in [5.41, 5.74) is 4.99. The Morgan fingerprint density at radius 2 is 2.04 bits per heavy atom. The maximum absolute atomic E-state index is 13.4. The minimum atomic E-state index is -3.91. The quantitative estimate of drug-likeness (QED) is 0.784. The van der Waals surface area contributed by atoms with E-state index in [0.29, 0.717) is 31.6 Å². The highest BCUT2D eigenvalue weighted by molar-refractivity contribution is 7.89. The first kappa shape index (κ1) is 19.3. The standard InChI is InChI=1S/C17H28N4O4S/c1-11-8-14(9-18)10-21(11)16(22)17(6-4-5-7-17)20-26(23,24)15-12(2)19-25-13(15)3/h11,14,20H,4-10,18H2,1-3H3. The second kappa shape index (κ2) is 6.94. The molecule has 1 saturated heterocycles. The lowest BCUT2D eigenvalue weighted by Crippen LogP contribution is -2.58. The molecule has 2 atom stereocenters. The van der Waals surface area contributed by atoms with E-state index in [4.69, 9.17) is 10.3 Å². The van der Waals surface area contributed by atoms with Crippen molar-refractivity contribution in [3.8, 4) is 0 Å². The van der Waals surface area contributed by atoms with Crippen molar-refractivity contribution in [1.82, 2.24) is 14.8 Å². The van der Waals surface area contributed by atoms with Gasteiger partial charge in [0.1, 0.15) is 16.1 Å². The van der Waals surface area contributed by atoms with Gasteiger partial charge in [0.2, 0.25) is 15.9 Å². The van der Waals surface area contributed by atoms with Gasteiger partial charge in [0, 0.05) is 12.6 Å². The molecule has 8 nitrogen and oxygen atoms in total. The van der Waals surface area contributed by atoms with E-state index in [1.54, 1.807) is 18.7 Å². The van der Waals surface area contributed by atoms with E-state index in [9.17, 15) is 13.2 Å². The lowest BCUT2D eigenvalue weighted by molar-refractivity contribution is -0.138. The molecule has 1 amide bonds. The summed E-state index contributed by atoms with van der Waals surface area (Å²) in [4.78, 5) is 15.2. The SMILES string of the molecule is Cc1noc(C)c1S(=O)(=O)NC1(C(=O)N2CC(CN)CC2C)CCCC1. The zero-order chi connectivity index (χ0) is 19.1. The number of carbonyl (C=O) groups is 1. The van der Waals surface area contributed by atoms with E-state index in [1.165, 1.54) is 0 Å². The molecule has 146 valence electrons. The number of likely N-dealkylation sites (tertiary alicyclic amines) is 1. The van der Waals surface area contributed by atoms with Crippen molar-refractivity contribution in [1.29, 1.82) is 0 Å². The predicted octanol–water partition coefficient (Wildman–Crippen LogP) is 1.08. The second-order valence-electron chi connectivity index (χ2n) is 7.69. The van der Waals surface area contributed by atoms with Crippen molar-refractivity contribution < 1.29 is 17.7 Å². The summed E-state index contributed by atoms with van der Waals surface area (Å²) in [6, 6.07) is 0.0668. The smallest absolute Gasteiger partial charge is 0.246 e. The number of amides is 1. The molecule has 2 unspecified atom stereocenters. The van der Waals surface area contributed by atoms with Crippen LogP contribution in [0.5, 0.6) is 0 Å². The maximum atomic E-state index is 13.4. The van der Waals surface area contributed by atoms with Crippen LogP contribution in [-0.4, -0.2) is 49.1 Å². The zero-order valence-electron chi connectivity index (χ0n) is 15.6. The summed E-state index contributed by atoms with van der Waals surface area (Å²) in [5.74, 6) is 0.369. The Hall–Kier alpha value is -1.45. The van der Waals surface area contributed by atoms with Crippen molar-refractivity contribution >= 4 is 15.9 Å². The van der Waals surface area contributed by atoms with Crippen LogP contribution in [0.15, 0.2) is 9.42 Å². The molecule has 3 rings (SSSR count). The van der Waals surface area contributed by atoms with Gasteiger partial charge in [-0.2, -0.15) is 4.72 Å². The molecule has 1 saturated carbocycles. The Morgan fingerprint density at radius 3 is 2.54 bits per heavy atom. The van der Waals surface area contributed by atoms with Gasteiger partial charge in [0.05, 0.1) is 0 Å². The Balaban J connectivity index is 1.90. The number of nitrogens with zero attached hydrogens (tertiary/aromatic N) is 2. The van der Waals surface area contributed by atoms with Crippen molar-refractivity contribution in [2.24, 2.45) is 11.7 Å². The highest BCUT2D eigenvalue weighted by atomic mass is 32.2. The Morgan fingerprint density at radius 1 is 1.38 bits per heavy atom. The van der Waals surface area contributed by atoms with Crippen LogP contribution >= 0.6 is 0 Å². The minimum absolute atomic E-state index is 0.0332. The summed E-state index contributed by atoms with van der Waals surface area (Å²) in [5, 5.41) is 3.73. The van der Waals surface area contributed by atoms with Crippen LogP contribution in [0.3, 0.4) is 0 Å². The number of sulfonamides is 1. The van der Waals surface area contributed by atoms with Gasteiger partial charge in [-0.25, -0.2) is 8.42 Å². The molecule has 1 aromatic heterocycles. The largest absolute Gasteiger partial charge is 0.360 e. The topological polar surface area (TPSA) is 119 Å². The fourth-order valence-corrected chi connectivity index (χ4v) is 6.13. The number of rotatable bonds is 5. The molecule has 1 aliphatic heterocycles. The minimum Gasteiger partial charge on any atom is -0.360 e. The number of nitrogens with one attached hydrogen (secondary N) is 1. The number of aromatic nitrogens is 1. The Labute approximate surface area is 154 Å². The van der Waals surface area contributed by atoms with Crippen molar-refractivity contribution in [3.05, 3.63) is 11.5 Å². The van der Waals surface area contributed by atoms with Gasteiger partial charge >= 0.3 is 0 Å². The van der Waals surface area contributed by atoms with Crippen molar-refractivity contribution in [2.75, 3.05) is 13.1 Å². The number of hydrogen-bond acceptors (Lipinski definition) is 6. The summed E-state index contributed by atoms with van der Waals surface area (Å²) < 4.78 is 33.8. The van der Waals surface area contributed by atoms with Crippen LogP contribution < -0.4 is 10.5 Å². The normalized spacial score (nSPS) is 25.8. The van der Waals surface area contributed by atoms with Gasteiger partial charge in [-0.3, -0.25) is 4.79 Å². The Kier molecular flexibility index (Phi) is 5.15. The van der Waals surface area contributed by atoms with Crippen molar-refractivity contribution in [3.63, 3.8) is 0 Å². The molecule has 26 heavy (non-hydrogen) atoms. The molecule has 2 heterocycles. The summed E-state index contributed by atoms with van der Waals surface area (Å²) >= 11 is 0. The summed E-state index contributed by atoms with van der Waals surface area (Å²) in [6.07, 6.45) is 3.50. The van der Waals surface area contributed by atoms with Crippen LogP contribution in [0.4, 0.5) is 0 Å². The van der Waals surface area contributed by atoms with E-state index in [2.05, 4.69) is 9.88 Å². The van der Waals surface area contributed by atoms with E-state index in [1.807, 2.05) is 6.92 Å². The molecule has 3 N–H and O–H groups in total. The van der Waals surface area contributed by atoms with E-state index in [0.717, 1.165) is 19.3 Å². The number of carbonyl (C=O) groups excluding carboxylic acids is 1. The first-order valence-corrected chi connectivity index (χ1v) is 10.7. The third-order valence-electron chi connectivity index (χ3n) is 5.69. The molecule has 1 aromatic rings. The number of hydrogen-bond donors (Lipinski definition) is 2. The van der Waals surface area contributed by atoms with Gasteiger partial charge in [0.15, 0.2) is 5.76 Å². The fraction of sp³-hybridized carbons (Fsp3) is 0.765. The maximum Gasteiger partial charge on any atom is 0.246 e. The van der Waals surface area contributed by atoms with Crippen LogP contribution in [0.2, 0.25) is 0 Å². The molecule has 0 bridgehead atoms. The van der Waals surface area contributed by atoms with E-state index in [-0.39, 0.29) is 28.5 Å². The first-order chi connectivity index (χ1) is 12.2. The average Bonchev–Trinajstić information content (AvgIpc) is 3.26. The predicted molar refractivity (Wildman–Crippen MR) is 95.8 cm³/mol. The molecule has 2 fully saturated rings. The summed E-state index contributed by atoms with van der Waals surface area (Å²) in [7, 11) is -3.91. The van der Waals surface area contributed by atoms with Gasteiger partial charge in [-0.05, 0) is 52.5 Å². The molecule has 0 radical (unpaired) electrons. The zero-order valence-corrected chi connectivity index (χ0v) is 16.4. The van der Waals surface area contributed by atoms with Gasteiger partial charge in [-0.1, -0.05) is 18.0 Å². The molecule has 0 spiro atoms. The molecule has 1 aliphatic carbocycles. The van der Waals surface area contributed by atoms with Crippen LogP contribution in [0, 0.1) is 19.8 Å². The molecule has 9 heteroatoms. The number of aryl methyl sites for hydroxylation is 2. The van der Waals surface area contributed by atoms with Crippen molar-refractivity contribution in [2.45, 2.75) is 69.4 Å². The van der Waals surface area contributed by atoms with Gasteiger partial charge < -0.3 is 15.2 Å². The van der Waals surface area contributed by atoms with Crippen LogP contribution in [0.1, 0.15) is 50.5 Å². The van der Waals surface area contributed by atoms with E-state index < -0.39 is 15.6 Å². The summed E-state index contributed by atoms with van der Waals surface area (Å²) in [6.45, 7) is 6.27. The Bertz CT molecular complexity index is 763. The molecule has 0 aromatic carbocycles. The number of nitrogens with two attached hydrogens (primary N) is 1. The van der Waals surface area contributed by atoms with Gasteiger partial charge in [-0.15, -0.1) is 0 Å². The third kappa shape index (κ3) is 3.27. The highest BCUT2D eigenvalue weighted by Gasteiger charge is 2.49. The molecule has 2 aliphatic rings. The van der Waals surface area contributed by atoms with Crippen LogP contribution in [-0.2, 0) is 14.8 Å². The average molecular weight is 385 g/mol. The molecular formula is C17H28N4O4S. The second-order valence-corrected chi connectivity index (χ2v) is 9.31.